The summed E-state index contributed by atoms with van der Waals surface area (Å²) in [5.41, 5.74) is 0. The van der Waals surface area contributed by atoms with Crippen molar-refractivity contribution in [1.82, 2.24) is 5.32 Å². The summed E-state index contributed by atoms with van der Waals surface area (Å²) >= 11 is 0. The van der Waals surface area contributed by atoms with Crippen LogP contribution in [0.2, 0.25) is 0 Å². The van der Waals surface area contributed by atoms with Gasteiger partial charge in [-0.2, -0.15) is 0 Å². The maximum absolute atomic E-state index is 13.1. The molecule has 3 atom stereocenters. The van der Waals surface area contributed by atoms with E-state index in [1.165, 1.54) is 295 Å². The number of amides is 1. The van der Waals surface area contributed by atoms with Crippen molar-refractivity contribution in [2.45, 2.75) is 398 Å². The topological polar surface area (TPSA) is 108 Å². The Kier molecular flexibility index (Phi) is 66.6. The van der Waals surface area contributed by atoms with Gasteiger partial charge < -0.3 is 28.8 Å². The van der Waals surface area contributed by atoms with E-state index < -0.39 is 20.0 Å². The number of nitrogens with zero attached hydrogens (tertiary/aromatic N) is 1. The second kappa shape index (κ2) is 67.8. The number of quaternary nitrogens is 1. The van der Waals surface area contributed by atoms with Gasteiger partial charge in [0.1, 0.15) is 13.2 Å². The van der Waals surface area contributed by atoms with Crippen molar-refractivity contribution in [2.24, 2.45) is 0 Å². The molecule has 508 valence electrons. The van der Waals surface area contributed by atoms with Gasteiger partial charge in [0.2, 0.25) is 5.91 Å². The average Bonchev–Trinajstić information content (AvgIpc) is 3.70. The molecule has 2 N–H and O–H groups in total. The van der Waals surface area contributed by atoms with E-state index in [1.807, 2.05) is 21.1 Å². The number of phosphoric acid groups is 1. The minimum atomic E-state index is -4.58. The minimum Gasteiger partial charge on any atom is -0.756 e. The summed E-state index contributed by atoms with van der Waals surface area (Å²) in [4.78, 5) is 25.7. The van der Waals surface area contributed by atoms with Gasteiger partial charge in [-0.15, -0.1) is 0 Å². The lowest BCUT2D eigenvalue weighted by Crippen LogP contribution is -2.46. The highest BCUT2D eigenvalue weighted by Crippen LogP contribution is 2.38. The molecule has 0 saturated heterocycles. The van der Waals surface area contributed by atoms with Crippen molar-refractivity contribution in [3.05, 3.63) is 48.6 Å². The monoisotopic (exact) mass is 1230 g/mol. The number of likely N-dealkylation sites (N-methyl/N-ethyl adjacent to an activating group) is 1. The van der Waals surface area contributed by atoms with Gasteiger partial charge in [-0.05, 0) is 51.4 Å². The van der Waals surface area contributed by atoms with Crippen molar-refractivity contribution in [3.8, 4) is 0 Å². The lowest BCUT2D eigenvalue weighted by atomic mass is 10.0. The minimum absolute atomic E-state index is 0.0140. The second-order valence-corrected chi connectivity index (χ2v) is 28.7. The second-order valence-electron chi connectivity index (χ2n) is 27.3. The number of phosphoric ester groups is 1. The van der Waals surface area contributed by atoms with Gasteiger partial charge in [0.15, 0.2) is 0 Å². The Labute approximate surface area is 537 Å². The fourth-order valence-electron chi connectivity index (χ4n) is 11.7. The van der Waals surface area contributed by atoms with Gasteiger partial charge in [0.05, 0.1) is 39.9 Å². The van der Waals surface area contributed by atoms with E-state index in [2.05, 4.69) is 67.8 Å². The van der Waals surface area contributed by atoms with E-state index in [4.69, 9.17) is 9.05 Å². The third-order valence-electron chi connectivity index (χ3n) is 17.6. The van der Waals surface area contributed by atoms with Crippen molar-refractivity contribution >= 4 is 13.7 Å². The van der Waals surface area contributed by atoms with Gasteiger partial charge in [0, 0.05) is 6.42 Å². The number of hydrogen-bond donors (Lipinski definition) is 2. The number of carbonyl (C=O) groups is 1. The molecule has 86 heavy (non-hydrogen) atoms. The number of aliphatic hydroxyl groups excluding tert-OH is 1. The zero-order valence-electron chi connectivity index (χ0n) is 58.3. The Morgan fingerprint density at radius 2 is 0.709 bits per heavy atom. The first-order chi connectivity index (χ1) is 42.0. The average molecular weight is 1230 g/mol. The zero-order chi connectivity index (χ0) is 62.6. The lowest BCUT2D eigenvalue weighted by molar-refractivity contribution is -0.870. The standard InChI is InChI=1S/C77H149N2O6P/c1-6-8-10-12-14-16-18-20-22-24-26-28-30-32-34-36-38-39-41-43-45-47-49-51-53-55-57-59-61-63-65-67-69-71-77(81)78-75(74-85-86(82,83)84-73-72-79(3,4)5)76(80)70-68-66-64-62-60-58-56-54-52-50-48-46-44-42-40-37-35-33-31-29-27-25-23-21-19-17-15-13-11-9-7-2/h8,10,14,16,20,22,26,28,75-76,80H,6-7,9,11-13,15,17-19,21,23-25,27,29-74H2,1-5H3,(H-,78,81,82,83)/b10-8-,16-14-,22-20-,28-26-. The van der Waals surface area contributed by atoms with Gasteiger partial charge in [-0.25, -0.2) is 0 Å². The number of hydrogen-bond acceptors (Lipinski definition) is 6. The van der Waals surface area contributed by atoms with Crippen LogP contribution in [0, 0.1) is 0 Å². The summed E-state index contributed by atoms with van der Waals surface area (Å²) in [5.74, 6) is -0.157. The van der Waals surface area contributed by atoms with E-state index in [1.54, 1.807) is 0 Å². The molecule has 0 aromatic heterocycles. The van der Waals surface area contributed by atoms with Crippen LogP contribution in [0.5, 0.6) is 0 Å². The third kappa shape index (κ3) is 69.9. The van der Waals surface area contributed by atoms with Crippen molar-refractivity contribution in [2.75, 3.05) is 40.9 Å². The van der Waals surface area contributed by atoms with Gasteiger partial charge >= 0.3 is 0 Å². The summed E-state index contributed by atoms with van der Waals surface area (Å²) in [6.45, 7) is 4.67. The molecular formula is C77H149N2O6P. The Morgan fingerprint density at radius 1 is 0.419 bits per heavy atom. The number of nitrogens with one attached hydrogen (secondary N) is 1. The predicted molar refractivity (Wildman–Crippen MR) is 376 cm³/mol. The first-order valence-electron chi connectivity index (χ1n) is 38.0. The van der Waals surface area contributed by atoms with Crippen LogP contribution in [0.4, 0.5) is 0 Å². The molecule has 0 aromatic rings. The highest BCUT2D eigenvalue weighted by atomic mass is 31.2. The third-order valence-corrected chi connectivity index (χ3v) is 18.5. The first kappa shape index (κ1) is 84.5. The molecule has 8 nitrogen and oxygen atoms in total. The molecule has 0 aliphatic heterocycles. The quantitative estimate of drug-likeness (QED) is 0.0272. The van der Waals surface area contributed by atoms with Crippen molar-refractivity contribution in [1.29, 1.82) is 0 Å². The van der Waals surface area contributed by atoms with Gasteiger partial charge in [0.25, 0.3) is 7.82 Å². The molecular weight excluding hydrogens is 1080 g/mol. The highest BCUT2D eigenvalue weighted by molar-refractivity contribution is 7.45. The van der Waals surface area contributed by atoms with E-state index >= 15 is 0 Å². The Bertz CT molecular complexity index is 1540. The number of aliphatic hydroxyl groups is 1. The molecule has 3 unspecified atom stereocenters. The van der Waals surface area contributed by atoms with Crippen LogP contribution in [-0.2, 0) is 18.4 Å². The number of allylic oxidation sites excluding steroid dienone is 8. The normalized spacial score (nSPS) is 13.8. The molecule has 0 aliphatic carbocycles. The summed E-state index contributed by atoms with van der Waals surface area (Å²) < 4.78 is 23.6. The molecule has 9 heteroatoms. The van der Waals surface area contributed by atoms with Crippen LogP contribution < -0.4 is 10.2 Å². The van der Waals surface area contributed by atoms with Crippen LogP contribution in [0.25, 0.3) is 0 Å². The number of unbranched alkanes of at least 4 members (excludes halogenated alkanes) is 50. The van der Waals surface area contributed by atoms with Crippen molar-refractivity contribution in [3.63, 3.8) is 0 Å². The van der Waals surface area contributed by atoms with Crippen LogP contribution in [0.15, 0.2) is 48.6 Å². The molecule has 0 aliphatic rings. The fourth-order valence-corrected chi connectivity index (χ4v) is 12.5. The molecule has 0 radical (unpaired) electrons. The van der Waals surface area contributed by atoms with Crippen molar-refractivity contribution < 1.29 is 32.9 Å². The summed E-state index contributed by atoms with van der Waals surface area (Å²) in [6.07, 6.45) is 92.2. The van der Waals surface area contributed by atoms with Crippen LogP contribution in [0.1, 0.15) is 386 Å². The molecule has 0 saturated carbocycles. The molecule has 0 heterocycles. The maximum atomic E-state index is 13.1. The van der Waals surface area contributed by atoms with E-state index in [0.717, 1.165) is 64.2 Å². The van der Waals surface area contributed by atoms with E-state index in [0.29, 0.717) is 23.9 Å². The Balaban J connectivity index is 3.95. The van der Waals surface area contributed by atoms with E-state index in [-0.39, 0.29) is 19.1 Å². The van der Waals surface area contributed by atoms with Crippen LogP contribution in [0.3, 0.4) is 0 Å². The molecule has 0 aromatic carbocycles. The molecule has 0 bridgehead atoms. The largest absolute Gasteiger partial charge is 0.756 e. The number of carbonyl (C=O) groups excluding carboxylic acids is 1. The van der Waals surface area contributed by atoms with Crippen LogP contribution >= 0.6 is 7.82 Å². The SMILES string of the molecule is CC/C=C\C/C=C\C/C=C\C/C=C\CCCCCCCCCCCCCCCCCCCCCCC(=O)NC(COP(=O)([O-])OCC[N+](C)(C)C)C(O)CCCCCCCCCCCCCCCCCCCCCCCCCCCCCCCCC. The van der Waals surface area contributed by atoms with Gasteiger partial charge in [-0.1, -0.05) is 377 Å². The highest BCUT2D eigenvalue weighted by Gasteiger charge is 2.24. The number of rotatable bonds is 71. The molecule has 1 amide bonds. The van der Waals surface area contributed by atoms with Gasteiger partial charge in [-0.3, -0.25) is 9.36 Å². The molecule has 0 fully saturated rings. The summed E-state index contributed by atoms with van der Waals surface area (Å²) in [6, 6.07) is -0.802. The first-order valence-corrected chi connectivity index (χ1v) is 39.4. The molecule has 0 spiro atoms. The Morgan fingerprint density at radius 3 is 1.03 bits per heavy atom. The Hall–Kier alpha value is -1.54. The summed E-state index contributed by atoms with van der Waals surface area (Å²) in [7, 11) is 1.32. The molecule has 0 rings (SSSR count). The predicted octanol–water partition coefficient (Wildman–Crippen LogP) is 23.9. The zero-order valence-corrected chi connectivity index (χ0v) is 59.2. The maximum Gasteiger partial charge on any atom is 0.268 e. The fraction of sp³-hybridized carbons (Fsp3) is 0.883. The lowest BCUT2D eigenvalue weighted by Gasteiger charge is -2.30. The van der Waals surface area contributed by atoms with Crippen LogP contribution in [-0.4, -0.2) is 68.5 Å². The smallest absolute Gasteiger partial charge is 0.268 e. The van der Waals surface area contributed by atoms with E-state index in [9.17, 15) is 19.4 Å². The summed E-state index contributed by atoms with van der Waals surface area (Å²) in [5, 5.41) is 14.1.